The second kappa shape index (κ2) is 6.45. The van der Waals surface area contributed by atoms with Gasteiger partial charge in [0.25, 0.3) is 5.91 Å². The van der Waals surface area contributed by atoms with Gasteiger partial charge in [-0.05, 0) is 0 Å². The first-order valence-electron chi connectivity index (χ1n) is 9.00. The molecule has 3 amide bonds. The van der Waals surface area contributed by atoms with Gasteiger partial charge in [0.15, 0.2) is 4.96 Å². The van der Waals surface area contributed by atoms with E-state index in [1.54, 1.807) is 19.6 Å². The summed E-state index contributed by atoms with van der Waals surface area (Å²) < 4.78 is 1.80. The van der Waals surface area contributed by atoms with Crippen LogP contribution in [0.25, 0.3) is 16.2 Å². The lowest BCUT2D eigenvalue weighted by atomic mass is 10.1. The summed E-state index contributed by atoms with van der Waals surface area (Å²) in [6.07, 6.45) is 1.86. The highest BCUT2D eigenvalue weighted by Gasteiger charge is 2.40. The molecular weight excluding hydrogens is 378 g/mol. The second-order valence-electron chi connectivity index (χ2n) is 6.84. The molecule has 0 bridgehead atoms. The van der Waals surface area contributed by atoms with Crippen molar-refractivity contribution in [1.82, 2.24) is 24.5 Å². The minimum atomic E-state index is -0.615. The number of nitrogens with one attached hydrogen (secondary N) is 1. The Labute approximate surface area is 164 Å². The van der Waals surface area contributed by atoms with E-state index in [1.807, 2.05) is 36.5 Å². The summed E-state index contributed by atoms with van der Waals surface area (Å²) in [7, 11) is 0. The predicted octanol–water partition coefficient (Wildman–Crippen LogP) is 0.846. The molecule has 2 aliphatic heterocycles. The fourth-order valence-corrected chi connectivity index (χ4v) is 4.57. The summed E-state index contributed by atoms with van der Waals surface area (Å²) >= 11 is 1.41. The van der Waals surface area contributed by atoms with E-state index < -0.39 is 6.04 Å². The van der Waals surface area contributed by atoms with Crippen molar-refractivity contribution in [3.63, 3.8) is 0 Å². The SMILES string of the molecule is O=C1NCC(=O)N2CCN(C(=O)c3csc4nc(-c5ccccc5)cn34)CC12. The lowest BCUT2D eigenvalue weighted by molar-refractivity contribution is -0.148. The lowest BCUT2D eigenvalue weighted by Crippen LogP contribution is -2.66. The Hall–Kier alpha value is -3.20. The number of imidazole rings is 1. The van der Waals surface area contributed by atoms with Crippen molar-refractivity contribution >= 4 is 34.0 Å². The zero-order chi connectivity index (χ0) is 19.3. The third kappa shape index (κ3) is 2.66. The highest BCUT2D eigenvalue weighted by Crippen LogP contribution is 2.25. The van der Waals surface area contributed by atoms with Gasteiger partial charge >= 0.3 is 0 Å². The molecule has 28 heavy (non-hydrogen) atoms. The summed E-state index contributed by atoms with van der Waals surface area (Å²) in [6, 6.07) is 9.19. The lowest BCUT2D eigenvalue weighted by Gasteiger charge is -2.42. The molecule has 0 aliphatic carbocycles. The number of rotatable bonds is 2. The van der Waals surface area contributed by atoms with Crippen LogP contribution in [-0.4, -0.2) is 69.1 Å². The van der Waals surface area contributed by atoms with Gasteiger partial charge in [0, 0.05) is 30.2 Å². The van der Waals surface area contributed by atoms with Crippen LogP contribution >= 0.6 is 11.3 Å². The van der Waals surface area contributed by atoms with Gasteiger partial charge in [-0.15, -0.1) is 11.3 Å². The van der Waals surface area contributed by atoms with E-state index in [4.69, 9.17) is 0 Å². The number of hydrogen-bond acceptors (Lipinski definition) is 5. The zero-order valence-corrected chi connectivity index (χ0v) is 15.7. The Morgan fingerprint density at radius 1 is 1.18 bits per heavy atom. The van der Waals surface area contributed by atoms with Gasteiger partial charge in [-0.3, -0.25) is 18.8 Å². The Kier molecular flexibility index (Phi) is 3.90. The van der Waals surface area contributed by atoms with E-state index in [0.29, 0.717) is 18.8 Å². The second-order valence-corrected chi connectivity index (χ2v) is 7.67. The van der Waals surface area contributed by atoms with Crippen molar-refractivity contribution in [2.24, 2.45) is 0 Å². The molecule has 1 unspecified atom stereocenters. The van der Waals surface area contributed by atoms with Gasteiger partial charge in [-0.1, -0.05) is 30.3 Å². The van der Waals surface area contributed by atoms with Crippen LogP contribution < -0.4 is 5.32 Å². The van der Waals surface area contributed by atoms with Gasteiger partial charge in [-0.25, -0.2) is 4.98 Å². The summed E-state index contributed by atoms with van der Waals surface area (Å²) in [4.78, 5) is 45.8. The quantitative estimate of drug-likeness (QED) is 0.697. The molecule has 1 N–H and O–H groups in total. The fourth-order valence-electron chi connectivity index (χ4n) is 3.72. The maximum absolute atomic E-state index is 13.1. The van der Waals surface area contributed by atoms with Crippen LogP contribution in [0.3, 0.4) is 0 Å². The molecule has 2 saturated heterocycles. The summed E-state index contributed by atoms with van der Waals surface area (Å²) in [5.74, 6) is -0.466. The molecule has 1 atom stereocenters. The van der Waals surface area contributed by atoms with Gasteiger partial charge < -0.3 is 15.1 Å². The average molecular weight is 395 g/mol. The molecule has 2 aromatic heterocycles. The van der Waals surface area contributed by atoms with Crippen LogP contribution in [0.15, 0.2) is 41.9 Å². The molecule has 0 spiro atoms. The minimum Gasteiger partial charge on any atom is -0.345 e. The van der Waals surface area contributed by atoms with E-state index in [2.05, 4.69) is 10.3 Å². The highest BCUT2D eigenvalue weighted by molar-refractivity contribution is 7.15. The molecule has 2 fully saturated rings. The summed E-state index contributed by atoms with van der Waals surface area (Å²) in [5, 5.41) is 4.38. The Morgan fingerprint density at radius 3 is 2.82 bits per heavy atom. The van der Waals surface area contributed by atoms with Crippen molar-refractivity contribution in [2.75, 3.05) is 26.2 Å². The van der Waals surface area contributed by atoms with Gasteiger partial charge in [0.2, 0.25) is 11.8 Å². The normalized spacial score (nSPS) is 19.6. The molecular formula is C19H17N5O3S. The molecule has 4 heterocycles. The van der Waals surface area contributed by atoms with Crippen molar-refractivity contribution in [1.29, 1.82) is 0 Å². The third-order valence-corrected chi connectivity index (χ3v) is 6.04. The van der Waals surface area contributed by atoms with Crippen molar-refractivity contribution in [2.45, 2.75) is 6.04 Å². The molecule has 9 heteroatoms. The zero-order valence-electron chi connectivity index (χ0n) is 14.9. The molecule has 0 saturated carbocycles. The third-order valence-electron chi connectivity index (χ3n) is 5.20. The van der Waals surface area contributed by atoms with Crippen LogP contribution in [0.5, 0.6) is 0 Å². The molecule has 8 nitrogen and oxygen atoms in total. The molecule has 1 aromatic carbocycles. The maximum Gasteiger partial charge on any atom is 0.271 e. The molecule has 5 rings (SSSR count). The topological polar surface area (TPSA) is 87.0 Å². The number of carbonyl (C=O) groups is 3. The monoisotopic (exact) mass is 395 g/mol. The van der Waals surface area contributed by atoms with Crippen LogP contribution in [0.4, 0.5) is 0 Å². The first-order valence-corrected chi connectivity index (χ1v) is 9.88. The van der Waals surface area contributed by atoms with Crippen molar-refractivity contribution in [3.05, 3.63) is 47.6 Å². The fraction of sp³-hybridized carbons (Fsp3) is 0.263. The molecule has 0 radical (unpaired) electrons. The molecule has 2 aliphatic rings. The first-order chi connectivity index (χ1) is 13.6. The first kappa shape index (κ1) is 16.9. The number of benzene rings is 1. The van der Waals surface area contributed by atoms with E-state index in [9.17, 15) is 14.4 Å². The van der Waals surface area contributed by atoms with E-state index in [1.165, 1.54) is 11.3 Å². The standard InChI is InChI=1S/C19H17N5O3S/c25-16-8-20-17(26)14-10-22(6-7-23(14)16)18(27)15-11-28-19-21-13(9-24(15)19)12-4-2-1-3-5-12/h1-5,9,11,14H,6-8,10H2,(H,20,26). The van der Waals surface area contributed by atoms with Gasteiger partial charge in [0.1, 0.15) is 11.7 Å². The number of fused-ring (bicyclic) bond motifs is 2. The number of piperazine rings is 2. The average Bonchev–Trinajstić information content (AvgIpc) is 3.32. The van der Waals surface area contributed by atoms with Crippen LogP contribution in [0, 0.1) is 0 Å². The number of thiazole rings is 1. The minimum absolute atomic E-state index is 0.0335. The van der Waals surface area contributed by atoms with E-state index in [-0.39, 0.29) is 30.8 Å². The van der Waals surface area contributed by atoms with Gasteiger partial charge in [-0.2, -0.15) is 0 Å². The highest BCUT2D eigenvalue weighted by atomic mass is 32.1. The largest absolute Gasteiger partial charge is 0.345 e. The maximum atomic E-state index is 13.1. The molecule has 142 valence electrons. The smallest absolute Gasteiger partial charge is 0.271 e. The Bertz CT molecular complexity index is 1090. The molecule has 3 aromatic rings. The number of amides is 3. The number of carbonyl (C=O) groups excluding carboxylic acids is 3. The van der Waals surface area contributed by atoms with Crippen LogP contribution in [0.2, 0.25) is 0 Å². The van der Waals surface area contributed by atoms with Crippen molar-refractivity contribution < 1.29 is 14.4 Å². The van der Waals surface area contributed by atoms with E-state index >= 15 is 0 Å². The van der Waals surface area contributed by atoms with Crippen LogP contribution in [0.1, 0.15) is 10.5 Å². The summed E-state index contributed by atoms with van der Waals surface area (Å²) in [6.45, 7) is 1.01. The Morgan fingerprint density at radius 2 is 2.00 bits per heavy atom. The number of hydrogen-bond donors (Lipinski definition) is 1. The van der Waals surface area contributed by atoms with Crippen LogP contribution in [-0.2, 0) is 9.59 Å². The van der Waals surface area contributed by atoms with E-state index in [0.717, 1.165) is 16.2 Å². The number of nitrogens with zero attached hydrogens (tertiary/aromatic N) is 4. The predicted molar refractivity (Wildman–Crippen MR) is 103 cm³/mol. The summed E-state index contributed by atoms with van der Waals surface area (Å²) in [5.41, 5.74) is 2.32. The van der Waals surface area contributed by atoms with Crippen molar-refractivity contribution in [3.8, 4) is 11.3 Å². The Balaban J connectivity index is 1.42. The van der Waals surface area contributed by atoms with Gasteiger partial charge in [0.05, 0.1) is 18.8 Å². The number of aromatic nitrogens is 2.